The molecule has 0 aromatic carbocycles. The van der Waals surface area contributed by atoms with E-state index in [0.29, 0.717) is 24.9 Å². The lowest BCUT2D eigenvalue weighted by Crippen LogP contribution is -2.14. The van der Waals surface area contributed by atoms with Crippen LogP contribution >= 0.6 is 10.7 Å². The van der Waals surface area contributed by atoms with Gasteiger partial charge in [-0.05, 0) is 19.3 Å². The first-order valence-corrected chi connectivity index (χ1v) is 7.75. The highest BCUT2D eigenvalue weighted by Crippen LogP contribution is 2.33. The minimum absolute atomic E-state index is 0.199. The van der Waals surface area contributed by atoms with E-state index in [-0.39, 0.29) is 11.3 Å². The maximum atomic E-state index is 11.3. The van der Waals surface area contributed by atoms with Gasteiger partial charge in [-0.1, -0.05) is 6.92 Å². The maximum absolute atomic E-state index is 11.3. The van der Waals surface area contributed by atoms with Gasteiger partial charge in [0.1, 0.15) is 6.10 Å². The minimum Gasteiger partial charge on any atom is -0.370 e. The van der Waals surface area contributed by atoms with Crippen LogP contribution in [0.5, 0.6) is 0 Å². The second-order valence-corrected chi connectivity index (χ2v) is 6.54. The molecule has 2 unspecified atom stereocenters. The number of nitrogens with zero attached hydrogens (tertiary/aromatic N) is 3. The van der Waals surface area contributed by atoms with Crippen molar-refractivity contribution in [3.8, 4) is 0 Å². The van der Waals surface area contributed by atoms with Crippen molar-refractivity contribution in [1.82, 2.24) is 14.8 Å². The second-order valence-electron chi connectivity index (χ2n) is 4.08. The molecular weight excluding hydrogens is 266 g/mol. The van der Waals surface area contributed by atoms with Gasteiger partial charge in [-0.2, -0.15) is 0 Å². The number of ether oxygens (including phenoxy) is 1. The molecule has 8 heteroatoms. The van der Waals surface area contributed by atoms with E-state index in [1.54, 1.807) is 0 Å². The number of hydrogen-bond donors (Lipinski definition) is 0. The lowest BCUT2D eigenvalue weighted by Gasteiger charge is -2.14. The highest BCUT2D eigenvalue weighted by Gasteiger charge is 2.33. The Hall–Kier alpha value is -0.660. The Kier molecular flexibility index (Phi) is 3.42. The van der Waals surface area contributed by atoms with Crippen LogP contribution in [-0.2, 0) is 20.3 Å². The SMILES string of the molecule is CCn1c(C2OCCC2C)nnc1S(=O)(=O)Cl. The van der Waals surface area contributed by atoms with E-state index >= 15 is 0 Å². The summed E-state index contributed by atoms with van der Waals surface area (Å²) in [4.78, 5) is 0. The molecule has 1 saturated heterocycles. The third-order valence-corrected chi connectivity index (χ3v) is 4.07. The van der Waals surface area contributed by atoms with Crippen molar-refractivity contribution < 1.29 is 13.2 Å². The van der Waals surface area contributed by atoms with E-state index in [0.717, 1.165) is 6.42 Å². The highest BCUT2D eigenvalue weighted by atomic mass is 35.7. The summed E-state index contributed by atoms with van der Waals surface area (Å²) < 4.78 is 29.7. The molecule has 1 aromatic heterocycles. The van der Waals surface area contributed by atoms with Crippen LogP contribution in [0.15, 0.2) is 5.16 Å². The molecule has 0 spiro atoms. The first-order valence-electron chi connectivity index (χ1n) is 5.44. The Balaban J connectivity index is 2.46. The van der Waals surface area contributed by atoms with Crippen LogP contribution < -0.4 is 0 Å². The van der Waals surface area contributed by atoms with Gasteiger partial charge in [0, 0.05) is 23.8 Å². The zero-order valence-corrected chi connectivity index (χ0v) is 11.2. The van der Waals surface area contributed by atoms with Crippen molar-refractivity contribution in [3.05, 3.63) is 5.82 Å². The van der Waals surface area contributed by atoms with E-state index < -0.39 is 9.05 Å². The Bertz CT molecular complexity index is 514. The summed E-state index contributed by atoms with van der Waals surface area (Å²) in [7, 11) is 1.44. The van der Waals surface area contributed by atoms with Gasteiger partial charge in [0.25, 0.3) is 14.2 Å². The Morgan fingerprint density at radius 3 is 2.71 bits per heavy atom. The van der Waals surface area contributed by atoms with Gasteiger partial charge in [-0.15, -0.1) is 10.2 Å². The highest BCUT2D eigenvalue weighted by molar-refractivity contribution is 8.13. The van der Waals surface area contributed by atoms with Crippen molar-refractivity contribution >= 4 is 19.7 Å². The topological polar surface area (TPSA) is 74.1 Å². The van der Waals surface area contributed by atoms with Crippen LogP contribution in [0.25, 0.3) is 0 Å². The van der Waals surface area contributed by atoms with Crippen molar-refractivity contribution in [2.75, 3.05) is 6.61 Å². The summed E-state index contributed by atoms with van der Waals surface area (Å²) in [5.74, 6) is 0.840. The summed E-state index contributed by atoms with van der Waals surface area (Å²) in [6.07, 6.45) is 0.735. The molecule has 6 nitrogen and oxygen atoms in total. The van der Waals surface area contributed by atoms with Gasteiger partial charge in [0.15, 0.2) is 5.82 Å². The van der Waals surface area contributed by atoms with Crippen LogP contribution in [0, 0.1) is 5.92 Å². The number of rotatable bonds is 3. The standard InChI is InChI=1S/C9H14ClN3O3S/c1-3-13-8(7-6(2)4-5-16-7)11-12-9(13)17(10,14)15/h6-7H,3-5H2,1-2H3. The molecular formula is C9H14ClN3O3S. The van der Waals surface area contributed by atoms with Crippen LogP contribution in [-0.4, -0.2) is 29.8 Å². The third-order valence-electron chi connectivity index (χ3n) is 2.92. The smallest absolute Gasteiger partial charge is 0.296 e. The monoisotopic (exact) mass is 279 g/mol. The molecule has 17 heavy (non-hydrogen) atoms. The summed E-state index contributed by atoms with van der Waals surface area (Å²) in [6, 6.07) is 0. The van der Waals surface area contributed by atoms with Gasteiger partial charge in [-0.3, -0.25) is 4.57 Å². The first-order chi connectivity index (χ1) is 7.95. The molecule has 2 atom stereocenters. The summed E-state index contributed by atoms with van der Waals surface area (Å²) in [5.41, 5.74) is 0. The van der Waals surface area contributed by atoms with Gasteiger partial charge < -0.3 is 4.74 Å². The van der Waals surface area contributed by atoms with Crippen molar-refractivity contribution in [1.29, 1.82) is 0 Å². The number of halogens is 1. The fourth-order valence-electron chi connectivity index (χ4n) is 2.01. The molecule has 96 valence electrons. The van der Waals surface area contributed by atoms with Crippen molar-refractivity contribution in [2.45, 2.75) is 38.1 Å². The molecule has 0 radical (unpaired) electrons. The summed E-state index contributed by atoms with van der Waals surface area (Å²) in [6.45, 7) is 4.96. The Morgan fingerprint density at radius 2 is 2.24 bits per heavy atom. The molecule has 0 N–H and O–H groups in total. The van der Waals surface area contributed by atoms with E-state index in [1.165, 1.54) is 4.57 Å². The first kappa shape index (κ1) is 12.8. The molecule has 2 heterocycles. The molecule has 1 aromatic rings. The predicted octanol–water partition coefficient (Wildman–Crippen LogP) is 1.32. The van der Waals surface area contributed by atoms with Crippen LogP contribution in [0.3, 0.4) is 0 Å². The van der Waals surface area contributed by atoms with E-state index in [1.807, 2.05) is 13.8 Å². The fourth-order valence-corrected chi connectivity index (χ4v) is 2.98. The third kappa shape index (κ3) is 2.31. The van der Waals surface area contributed by atoms with Crippen molar-refractivity contribution in [3.63, 3.8) is 0 Å². The van der Waals surface area contributed by atoms with E-state index in [4.69, 9.17) is 15.4 Å². The Morgan fingerprint density at radius 1 is 1.53 bits per heavy atom. The minimum atomic E-state index is -3.87. The molecule has 1 fully saturated rings. The van der Waals surface area contributed by atoms with Gasteiger partial charge in [0.2, 0.25) is 0 Å². The van der Waals surface area contributed by atoms with E-state index in [2.05, 4.69) is 10.2 Å². The van der Waals surface area contributed by atoms with Gasteiger partial charge in [-0.25, -0.2) is 8.42 Å². The Labute approximate surface area is 104 Å². The molecule has 0 saturated carbocycles. The molecule has 0 bridgehead atoms. The summed E-state index contributed by atoms with van der Waals surface area (Å²) in [5, 5.41) is 7.35. The van der Waals surface area contributed by atoms with E-state index in [9.17, 15) is 8.42 Å². The zero-order valence-electron chi connectivity index (χ0n) is 9.63. The zero-order chi connectivity index (χ0) is 12.6. The lowest BCUT2D eigenvalue weighted by atomic mass is 10.0. The average molecular weight is 280 g/mol. The number of aromatic nitrogens is 3. The molecule has 1 aliphatic heterocycles. The maximum Gasteiger partial charge on any atom is 0.296 e. The molecule has 2 rings (SSSR count). The average Bonchev–Trinajstić information content (AvgIpc) is 2.81. The lowest BCUT2D eigenvalue weighted by molar-refractivity contribution is 0.0836. The van der Waals surface area contributed by atoms with Crippen molar-refractivity contribution in [2.24, 2.45) is 5.92 Å². The second kappa shape index (κ2) is 4.55. The fraction of sp³-hybridized carbons (Fsp3) is 0.778. The summed E-state index contributed by atoms with van der Waals surface area (Å²) >= 11 is 0. The normalized spacial score (nSPS) is 25.4. The number of hydrogen-bond acceptors (Lipinski definition) is 5. The van der Waals surface area contributed by atoms with Gasteiger partial charge >= 0.3 is 0 Å². The van der Waals surface area contributed by atoms with Gasteiger partial charge in [0.05, 0.1) is 0 Å². The van der Waals surface area contributed by atoms with Crippen LogP contribution in [0.2, 0.25) is 0 Å². The molecule has 1 aliphatic rings. The van der Waals surface area contributed by atoms with Crippen LogP contribution in [0.4, 0.5) is 0 Å². The quantitative estimate of drug-likeness (QED) is 0.780. The van der Waals surface area contributed by atoms with Crippen LogP contribution in [0.1, 0.15) is 32.2 Å². The largest absolute Gasteiger partial charge is 0.370 e. The molecule has 0 amide bonds. The molecule has 0 aliphatic carbocycles. The predicted molar refractivity (Wildman–Crippen MR) is 61.2 cm³/mol.